The van der Waals surface area contributed by atoms with E-state index in [1.165, 1.54) is 17.7 Å². The molecule has 1 aromatic heterocycles. The Balaban J connectivity index is 1.88. The van der Waals surface area contributed by atoms with Crippen molar-refractivity contribution in [2.24, 2.45) is 0 Å². The van der Waals surface area contributed by atoms with E-state index in [4.69, 9.17) is 4.42 Å². The first kappa shape index (κ1) is 11.8. The quantitative estimate of drug-likeness (QED) is 0.872. The van der Waals surface area contributed by atoms with E-state index in [1.807, 2.05) is 6.07 Å². The molecule has 4 heteroatoms. The predicted molar refractivity (Wildman–Crippen MR) is 72.1 cm³/mol. The molecule has 3 rings (SSSR count). The Kier molecular flexibility index (Phi) is 3.12. The first-order chi connectivity index (χ1) is 8.74. The largest absolute Gasteiger partial charge is 0.469 e. The van der Waals surface area contributed by atoms with Crippen LogP contribution in [0.15, 0.2) is 39.4 Å². The van der Waals surface area contributed by atoms with E-state index in [-0.39, 0.29) is 11.9 Å². The second-order valence-corrected chi connectivity index (χ2v) is 5.37. The van der Waals surface area contributed by atoms with Gasteiger partial charge in [-0.3, -0.25) is 0 Å². The van der Waals surface area contributed by atoms with Crippen LogP contribution >= 0.6 is 15.9 Å². The Morgan fingerprint density at radius 2 is 2.22 bits per heavy atom. The highest BCUT2D eigenvalue weighted by Gasteiger charge is 2.22. The van der Waals surface area contributed by atoms with Crippen LogP contribution in [0.3, 0.4) is 0 Å². The predicted octanol–water partition coefficient (Wildman–Crippen LogP) is 4.67. The van der Waals surface area contributed by atoms with E-state index >= 15 is 0 Å². The molecular weight excluding hydrogens is 297 g/mol. The molecule has 94 valence electrons. The lowest BCUT2D eigenvalue weighted by Crippen LogP contribution is -2.16. The van der Waals surface area contributed by atoms with Crippen molar-refractivity contribution in [1.82, 2.24) is 0 Å². The summed E-state index contributed by atoms with van der Waals surface area (Å²) in [6, 6.07) is 6.87. The molecule has 18 heavy (non-hydrogen) atoms. The third kappa shape index (κ3) is 2.17. The average molecular weight is 310 g/mol. The van der Waals surface area contributed by atoms with Crippen LogP contribution in [0, 0.1) is 5.82 Å². The number of nitrogens with one attached hydrogen (secondary N) is 1. The molecule has 0 aliphatic heterocycles. The Morgan fingerprint density at radius 3 is 3.11 bits per heavy atom. The van der Waals surface area contributed by atoms with Gasteiger partial charge in [-0.1, -0.05) is 0 Å². The van der Waals surface area contributed by atoms with Gasteiger partial charge in [0.15, 0.2) is 0 Å². The minimum atomic E-state index is -0.232. The minimum absolute atomic E-state index is 0.200. The fourth-order valence-corrected chi connectivity index (χ4v) is 2.79. The Bertz CT molecular complexity index is 567. The molecule has 0 saturated heterocycles. The number of furan rings is 1. The van der Waals surface area contributed by atoms with Gasteiger partial charge in [0.2, 0.25) is 0 Å². The molecule has 0 radical (unpaired) electrons. The lowest BCUT2D eigenvalue weighted by molar-refractivity contribution is 0.461. The number of hydrogen-bond acceptors (Lipinski definition) is 2. The van der Waals surface area contributed by atoms with Gasteiger partial charge in [-0.2, -0.15) is 0 Å². The number of benzene rings is 1. The lowest BCUT2D eigenvalue weighted by atomic mass is 9.93. The second-order valence-electron chi connectivity index (χ2n) is 4.51. The van der Waals surface area contributed by atoms with Gasteiger partial charge in [0.25, 0.3) is 0 Å². The van der Waals surface area contributed by atoms with Crippen LogP contribution in [0.5, 0.6) is 0 Å². The molecule has 1 atom stereocenters. The number of hydrogen-bond donors (Lipinski definition) is 1. The highest BCUT2D eigenvalue weighted by molar-refractivity contribution is 9.10. The van der Waals surface area contributed by atoms with Gasteiger partial charge in [0.05, 0.1) is 18.0 Å². The summed E-state index contributed by atoms with van der Waals surface area (Å²) < 4.78 is 19.6. The van der Waals surface area contributed by atoms with E-state index in [0.29, 0.717) is 0 Å². The SMILES string of the molecule is Fc1ccc(Br)c(NC2CCCc3occc32)c1. The van der Waals surface area contributed by atoms with Gasteiger partial charge < -0.3 is 9.73 Å². The molecule has 0 spiro atoms. The Labute approximate surface area is 113 Å². The zero-order chi connectivity index (χ0) is 12.5. The van der Waals surface area contributed by atoms with E-state index in [2.05, 4.69) is 21.2 Å². The van der Waals surface area contributed by atoms with Crippen molar-refractivity contribution in [2.75, 3.05) is 5.32 Å². The van der Waals surface area contributed by atoms with E-state index in [1.54, 1.807) is 12.3 Å². The topological polar surface area (TPSA) is 25.2 Å². The van der Waals surface area contributed by atoms with Gasteiger partial charge in [0.1, 0.15) is 11.6 Å². The third-order valence-corrected chi connectivity index (χ3v) is 4.00. The van der Waals surface area contributed by atoms with Gasteiger partial charge in [0, 0.05) is 16.5 Å². The van der Waals surface area contributed by atoms with Gasteiger partial charge in [-0.25, -0.2) is 4.39 Å². The third-order valence-electron chi connectivity index (χ3n) is 3.31. The minimum Gasteiger partial charge on any atom is -0.469 e. The van der Waals surface area contributed by atoms with Crippen molar-refractivity contribution >= 4 is 21.6 Å². The fourth-order valence-electron chi connectivity index (χ4n) is 2.43. The summed E-state index contributed by atoms with van der Waals surface area (Å²) in [5.74, 6) is 0.815. The molecule has 0 amide bonds. The fraction of sp³-hybridized carbons (Fsp3) is 0.286. The summed E-state index contributed by atoms with van der Waals surface area (Å²) in [6.07, 6.45) is 4.84. The standard InChI is InChI=1S/C14H13BrFNO/c15-11-5-4-9(16)8-13(11)17-12-2-1-3-14-10(12)6-7-18-14/h4-8,12,17H,1-3H2. The summed E-state index contributed by atoms with van der Waals surface area (Å²) in [7, 11) is 0. The van der Waals surface area contributed by atoms with E-state index in [9.17, 15) is 4.39 Å². The Morgan fingerprint density at radius 1 is 1.33 bits per heavy atom. The van der Waals surface area contributed by atoms with Crippen LogP contribution in [0.2, 0.25) is 0 Å². The van der Waals surface area contributed by atoms with Gasteiger partial charge >= 0.3 is 0 Å². The van der Waals surface area contributed by atoms with Gasteiger partial charge in [-0.15, -0.1) is 0 Å². The van der Waals surface area contributed by atoms with Crippen LogP contribution in [0.4, 0.5) is 10.1 Å². The summed E-state index contributed by atoms with van der Waals surface area (Å²) in [6.45, 7) is 0. The number of rotatable bonds is 2. The molecule has 1 aliphatic rings. The molecule has 0 fully saturated rings. The summed E-state index contributed by atoms with van der Waals surface area (Å²) in [5, 5.41) is 3.39. The van der Waals surface area contributed by atoms with E-state index < -0.39 is 0 Å². The number of fused-ring (bicyclic) bond motifs is 1. The number of halogens is 2. The molecule has 2 aromatic rings. The van der Waals surface area contributed by atoms with Crippen LogP contribution < -0.4 is 5.32 Å². The molecular formula is C14H13BrFNO. The highest BCUT2D eigenvalue weighted by Crippen LogP contribution is 2.35. The molecule has 1 aromatic carbocycles. The average Bonchev–Trinajstić information content (AvgIpc) is 2.83. The van der Waals surface area contributed by atoms with Crippen molar-refractivity contribution in [1.29, 1.82) is 0 Å². The molecule has 2 nitrogen and oxygen atoms in total. The second kappa shape index (κ2) is 4.76. The van der Waals surface area contributed by atoms with Gasteiger partial charge in [-0.05, 0) is 53.0 Å². The van der Waals surface area contributed by atoms with E-state index in [0.717, 1.165) is 35.2 Å². The molecule has 0 saturated carbocycles. The normalized spacial score (nSPS) is 18.4. The van der Waals surface area contributed by atoms with Crippen LogP contribution in [0.1, 0.15) is 30.2 Å². The van der Waals surface area contributed by atoms with Crippen LogP contribution in [-0.4, -0.2) is 0 Å². The van der Waals surface area contributed by atoms with Crippen molar-refractivity contribution in [3.8, 4) is 0 Å². The smallest absolute Gasteiger partial charge is 0.125 e. The maximum atomic E-state index is 13.3. The maximum absolute atomic E-state index is 13.3. The zero-order valence-electron chi connectivity index (χ0n) is 9.75. The number of anilines is 1. The number of aryl methyl sites for hydroxylation is 1. The summed E-state index contributed by atoms with van der Waals surface area (Å²) in [5.41, 5.74) is 1.98. The molecule has 1 unspecified atom stereocenters. The monoisotopic (exact) mass is 309 g/mol. The summed E-state index contributed by atoms with van der Waals surface area (Å²) >= 11 is 3.44. The zero-order valence-corrected chi connectivity index (χ0v) is 11.3. The highest BCUT2D eigenvalue weighted by atomic mass is 79.9. The van der Waals surface area contributed by atoms with Crippen molar-refractivity contribution in [3.63, 3.8) is 0 Å². The first-order valence-corrected chi connectivity index (χ1v) is 6.81. The van der Waals surface area contributed by atoms with Crippen molar-refractivity contribution < 1.29 is 8.81 Å². The summed E-state index contributed by atoms with van der Waals surface area (Å²) in [4.78, 5) is 0. The first-order valence-electron chi connectivity index (χ1n) is 6.02. The van der Waals surface area contributed by atoms with Crippen molar-refractivity contribution in [2.45, 2.75) is 25.3 Å². The van der Waals surface area contributed by atoms with Crippen molar-refractivity contribution in [3.05, 3.63) is 52.1 Å². The molecule has 1 N–H and O–H groups in total. The maximum Gasteiger partial charge on any atom is 0.125 e. The van der Waals surface area contributed by atoms with Crippen LogP contribution in [-0.2, 0) is 6.42 Å². The Hall–Kier alpha value is -1.29. The molecule has 1 heterocycles. The lowest BCUT2D eigenvalue weighted by Gasteiger charge is -2.24. The molecule has 0 bridgehead atoms. The molecule has 1 aliphatic carbocycles. The van der Waals surface area contributed by atoms with Crippen LogP contribution in [0.25, 0.3) is 0 Å².